The Bertz CT molecular complexity index is 324. The fraction of sp³-hybridized carbons (Fsp3) is 0.500. The number of aliphatic hydroxyl groups is 1. The Morgan fingerprint density at radius 3 is 2.50 bits per heavy atom. The van der Waals surface area contributed by atoms with Gasteiger partial charge in [0.15, 0.2) is 0 Å². The topological polar surface area (TPSA) is 23.5 Å². The van der Waals surface area contributed by atoms with E-state index in [9.17, 15) is 5.11 Å². The number of hydrogen-bond acceptors (Lipinski definition) is 3. The van der Waals surface area contributed by atoms with Crippen molar-refractivity contribution in [1.82, 2.24) is 4.90 Å². The predicted molar refractivity (Wildman–Crippen MR) is 70.2 cm³/mol. The van der Waals surface area contributed by atoms with Gasteiger partial charge in [-0.1, -0.05) is 23.7 Å². The van der Waals surface area contributed by atoms with Crippen molar-refractivity contribution in [3.8, 4) is 0 Å². The van der Waals surface area contributed by atoms with Gasteiger partial charge in [-0.2, -0.15) is 11.8 Å². The minimum absolute atomic E-state index is 0.402. The smallest absolute Gasteiger partial charge is 0.0916 e. The van der Waals surface area contributed by atoms with Crippen molar-refractivity contribution in [3.05, 3.63) is 34.9 Å². The minimum atomic E-state index is -0.402. The minimum Gasteiger partial charge on any atom is -0.387 e. The normalized spacial score (nSPS) is 19.6. The van der Waals surface area contributed by atoms with Gasteiger partial charge in [0.05, 0.1) is 6.10 Å². The van der Waals surface area contributed by atoms with Crippen LogP contribution >= 0.6 is 23.4 Å². The molecule has 1 N–H and O–H groups in total. The molecule has 2 rings (SSSR count). The van der Waals surface area contributed by atoms with E-state index < -0.39 is 6.10 Å². The van der Waals surface area contributed by atoms with E-state index in [4.69, 9.17) is 11.6 Å². The van der Waals surface area contributed by atoms with Gasteiger partial charge < -0.3 is 5.11 Å². The SMILES string of the molecule is O[C@@H](CN1CCSCC1)c1ccc(Cl)cc1. The van der Waals surface area contributed by atoms with E-state index in [0.29, 0.717) is 5.02 Å². The molecule has 0 unspecified atom stereocenters. The number of nitrogens with zero attached hydrogens (tertiary/aromatic N) is 1. The van der Waals surface area contributed by atoms with Crippen molar-refractivity contribution >= 4 is 23.4 Å². The number of aliphatic hydroxyl groups excluding tert-OH is 1. The number of β-amino-alcohol motifs (C(OH)–C–C–N with tert-alkyl or cyclic N) is 1. The molecular weight excluding hydrogens is 242 g/mol. The summed E-state index contributed by atoms with van der Waals surface area (Å²) in [4.78, 5) is 2.32. The molecule has 0 radical (unpaired) electrons. The molecule has 88 valence electrons. The van der Waals surface area contributed by atoms with Gasteiger partial charge in [0.25, 0.3) is 0 Å². The van der Waals surface area contributed by atoms with Gasteiger partial charge in [0, 0.05) is 36.2 Å². The van der Waals surface area contributed by atoms with Crippen LogP contribution in [0.5, 0.6) is 0 Å². The molecule has 4 heteroatoms. The lowest BCUT2D eigenvalue weighted by molar-refractivity contribution is 0.119. The highest BCUT2D eigenvalue weighted by Crippen LogP contribution is 2.19. The summed E-state index contributed by atoms with van der Waals surface area (Å²) in [5.74, 6) is 2.35. The first kappa shape index (κ1) is 12.2. The van der Waals surface area contributed by atoms with E-state index in [1.807, 2.05) is 36.0 Å². The molecule has 1 aromatic rings. The lowest BCUT2D eigenvalue weighted by Gasteiger charge is -2.28. The molecule has 0 saturated carbocycles. The Hall–Kier alpha value is -0.220. The maximum Gasteiger partial charge on any atom is 0.0916 e. The largest absolute Gasteiger partial charge is 0.387 e. The van der Waals surface area contributed by atoms with Gasteiger partial charge in [0.1, 0.15) is 0 Å². The second kappa shape index (κ2) is 5.92. The fourth-order valence-electron chi connectivity index (χ4n) is 1.82. The summed E-state index contributed by atoms with van der Waals surface area (Å²) in [6, 6.07) is 7.44. The zero-order valence-corrected chi connectivity index (χ0v) is 10.7. The van der Waals surface area contributed by atoms with Crippen LogP contribution in [0.1, 0.15) is 11.7 Å². The molecule has 1 aromatic carbocycles. The molecule has 1 saturated heterocycles. The second-order valence-electron chi connectivity index (χ2n) is 3.98. The van der Waals surface area contributed by atoms with Crippen molar-refractivity contribution < 1.29 is 5.11 Å². The summed E-state index contributed by atoms with van der Waals surface area (Å²) in [6.45, 7) is 2.88. The maximum atomic E-state index is 10.1. The van der Waals surface area contributed by atoms with Crippen LogP contribution in [0.15, 0.2) is 24.3 Å². The van der Waals surface area contributed by atoms with Gasteiger partial charge in [-0.05, 0) is 17.7 Å². The molecule has 1 heterocycles. The molecule has 2 nitrogen and oxygen atoms in total. The van der Waals surface area contributed by atoms with Crippen molar-refractivity contribution in [2.45, 2.75) is 6.10 Å². The van der Waals surface area contributed by atoms with Crippen LogP contribution in [0, 0.1) is 0 Å². The van der Waals surface area contributed by atoms with Crippen molar-refractivity contribution in [3.63, 3.8) is 0 Å². The van der Waals surface area contributed by atoms with Crippen LogP contribution in [0.4, 0.5) is 0 Å². The van der Waals surface area contributed by atoms with Gasteiger partial charge in [-0.15, -0.1) is 0 Å². The standard InChI is InChI=1S/C12H16ClNOS/c13-11-3-1-10(2-4-11)12(15)9-14-5-7-16-8-6-14/h1-4,12,15H,5-9H2/t12-/m0/s1. The lowest BCUT2D eigenvalue weighted by Crippen LogP contribution is -2.35. The third-order valence-electron chi connectivity index (χ3n) is 2.79. The summed E-state index contributed by atoms with van der Waals surface area (Å²) in [7, 11) is 0. The van der Waals surface area contributed by atoms with Crippen LogP contribution in [0.25, 0.3) is 0 Å². The number of benzene rings is 1. The van der Waals surface area contributed by atoms with Crippen molar-refractivity contribution in [2.75, 3.05) is 31.1 Å². The molecule has 0 amide bonds. The van der Waals surface area contributed by atoms with E-state index in [0.717, 1.165) is 25.2 Å². The Kier molecular flexibility index (Phi) is 4.53. The van der Waals surface area contributed by atoms with E-state index in [1.54, 1.807) is 0 Å². The molecule has 0 aliphatic carbocycles. The molecule has 1 atom stereocenters. The third-order valence-corrected chi connectivity index (χ3v) is 3.98. The first-order chi connectivity index (χ1) is 7.75. The Morgan fingerprint density at radius 1 is 1.25 bits per heavy atom. The van der Waals surface area contributed by atoms with Crippen LogP contribution in [0.2, 0.25) is 5.02 Å². The number of hydrogen-bond donors (Lipinski definition) is 1. The van der Waals surface area contributed by atoms with Gasteiger partial charge in [-0.25, -0.2) is 0 Å². The zero-order valence-electron chi connectivity index (χ0n) is 9.10. The van der Waals surface area contributed by atoms with E-state index >= 15 is 0 Å². The molecule has 0 bridgehead atoms. The molecular formula is C12H16ClNOS. The maximum absolute atomic E-state index is 10.1. The van der Waals surface area contributed by atoms with Gasteiger partial charge in [0.2, 0.25) is 0 Å². The Balaban J connectivity index is 1.91. The van der Waals surface area contributed by atoms with Gasteiger partial charge in [-0.3, -0.25) is 4.90 Å². The molecule has 0 aromatic heterocycles. The Labute approximate surface area is 106 Å². The molecule has 1 aliphatic heterocycles. The zero-order chi connectivity index (χ0) is 11.4. The highest BCUT2D eigenvalue weighted by Gasteiger charge is 2.15. The lowest BCUT2D eigenvalue weighted by atomic mass is 10.1. The molecule has 16 heavy (non-hydrogen) atoms. The predicted octanol–water partition coefficient (Wildman–Crippen LogP) is 2.42. The van der Waals surface area contributed by atoms with Crippen LogP contribution in [-0.4, -0.2) is 41.1 Å². The number of rotatable bonds is 3. The molecule has 0 spiro atoms. The van der Waals surface area contributed by atoms with E-state index in [2.05, 4.69) is 4.90 Å². The first-order valence-electron chi connectivity index (χ1n) is 5.49. The van der Waals surface area contributed by atoms with E-state index in [1.165, 1.54) is 11.5 Å². The van der Waals surface area contributed by atoms with Crippen molar-refractivity contribution in [2.24, 2.45) is 0 Å². The summed E-state index contributed by atoms with van der Waals surface area (Å²) >= 11 is 7.80. The van der Waals surface area contributed by atoms with Crippen LogP contribution in [0.3, 0.4) is 0 Å². The summed E-state index contributed by atoms with van der Waals surface area (Å²) < 4.78 is 0. The summed E-state index contributed by atoms with van der Waals surface area (Å²) in [5, 5.41) is 10.8. The Morgan fingerprint density at radius 2 is 1.88 bits per heavy atom. The quantitative estimate of drug-likeness (QED) is 0.900. The summed E-state index contributed by atoms with van der Waals surface area (Å²) in [5.41, 5.74) is 0.947. The van der Waals surface area contributed by atoms with Crippen LogP contribution < -0.4 is 0 Å². The average molecular weight is 258 g/mol. The molecule has 1 fully saturated rings. The van der Waals surface area contributed by atoms with E-state index in [-0.39, 0.29) is 0 Å². The number of thioether (sulfide) groups is 1. The highest BCUT2D eigenvalue weighted by molar-refractivity contribution is 7.99. The van der Waals surface area contributed by atoms with Crippen LogP contribution in [-0.2, 0) is 0 Å². The summed E-state index contributed by atoms with van der Waals surface area (Å²) in [6.07, 6.45) is -0.402. The number of halogens is 1. The third kappa shape index (κ3) is 3.39. The van der Waals surface area contributed by atoms with Gasteiger partial charge >= 0.3 is 0 Å². The fourth-order valence-corrected chi connectivity index (χ4v) is 2.92. The second-order valence-corrected chi connectivity index (χ2v) is 5.64. The van der Waals surface area contributed by atoms with Crippen molar-refractivity contribution in [1.29, 1.82) is 0 Å². The highest BCUT2D eigenvalue weighted by atomic mass is 35.5. The first-order valence-corrected chi connectivity index (χ1v) is 7.02. The average Bonchev–Trinajstić information content (AvgIpc) is 2.31. The monoisotopic (exact) mass is 257 g/mol. The molecule has 1 aliphatic rings.